The molecule has 0 aliphatic carbocycles. The summed E-state index contributed by atoms with van der Waals surface area (Å²) in [6.07, 6.45) is 6.17. The number of aromatic nitrogens is 2. The van der Waals surface area contributed by atoms with Gasteiger partial charge in [0.05, 0.1) is 5.69 Å². The van der Waals surface area contributed by atoms with Crippen molar-refractivity contribution in [1.29, 1.82) is 0 Å². The Hall–Kier alpha value is -0.870. The molecule has 2 atom stereocenters. The van der Waals surface area contributed by atoms with E-state index in [1.807, 2.05) is 18.8 Å². The van der Waals surface area contributed by atoms with Gasteiger partial charge in [0.1, 0.15) is 0 Å². The van der Waals surface area contributed by atoms with Crippen LogP contribution in [0.3, 0.4) is 0 Å². The Bertz CT molecular complexity index is 383. The summed E-state index contributed by atoms with van der Waals surface area (Å²) in [6, 6.07) is 1.13. The Labute approximate surface area is 110 Å². The highest BCUT2D eigenvalue weighted by molar-refractivity contribution is 5.20. The van der Waals surface area contributed by atoms with Crippen molar-refractivity contribution in [3.63, 3.8) is 0 Å². The smallest absolute Gasteiger partial charge is 0.0641 e. The van der Waals surface area contributed by atoms with E-state index in [0.29, 0.717) is 12.1 Å². The van der Waals surface area contributed by atoms with Crippen LogP contribution in [-0.4, -0.2) is 40.9 Å². The van der Waals surface area contributed by atoms with Gasteiger partial charge in [-0.15, -0.1) is 0 Å². The molecule has 1 aromatic heterocycles. The maximum absolute atomic E-state index is 4.47. The number of likely N-dealkylation sites (tertiary alicyclic amines) is 1. The molecular formula is C14H26N4. The number of nitrogens with one attached hydrogen (secondary N) is 1. The van der Waals surface area contributed by atoms with E-state index in [2.05, 4.69) is 35.4 Å². The Kier molecular flexibility index (Phi) is 4.40. The Balaban J connectivity index is 2.15. The second-order valence-electron chi connectivity index (χ2n) is 5.46. The molecule has 18 heavy (non-hydrogen) atoms. The molecule has 1 fully saturated rings. The average Bonchev–Trinajstić information content (AvgIpc) is 2.69. The van der Waals surface area contributed by atoms with Crippen LogP contribution in [0.5, 0.6) is 0 Å². The predicted octanol–water partition coefficient (Wildman–Crippen LogP) is 1.86. The molecule has 1 N–H and O–H groups in total. The molecule has 2 heterocycles. The molecule has 0 radical (unpaired) electrons. The minimum atomic E-state index is 0.470. The van der Waals surface area contributed by atoms with Crippen molar-refractivity contribution in [2.75, 3.05) is 20.1 Å². The van der Waals surface area contributed by atoms with Crippen LogP contribution in [0.1, 0.15) is 43.5 Å². The molecule has 2 rings (SSSR count). The lowest BCUT2D eigenvalue weighted by atomic mass is 9.97. The summed E-state index contributed by atoms with van der Waals surface area (Å²) in [6.45, 7) is 6.73. The number of piperidine rings is 1. The molecule has 102 valence electrons. The summed E-state index contributed by atoms with van der Waals surface area (Å²) < 4.78 is 1.93. The zero-order chi connectivity index (χ0) is 13.1. The van der Waals surface area contributed by atoms with Gasteiger partial charge in [-0.3, -0.25) is 9.58 Å². The van der Waals surface area contributed by atoms with Crippen molar-refractivity contribution >= 4 is 0 Å². The standard InChI is InChI=1S/C14H26N4/c1-11-14(10-17(4)16-11)12(2)18-8-6-5-7-13(18)9-15-3/h10,12-13,15H,5-9H2,1-4H3. The van der Waals surface area contributed by atoms with Crippen molar-refractivity contribution in [2.24, 2.45) is 7.05 Å². The molecule has 1 saturated heterocycles. The third-order valence-corrected chi connectivity index (χ3v) is 4.11. The number of hydrogen-bond acceptors (Lipinski definition) is 3. The lowest BCUT2D eigenvalue weighted by Gasteiger charge is -2.39. The van der Waals surface area contributed by atoms with Gasteiger partial charge in [0, 0.05) is 37.4 Å². The van der Waals surface area contributed by atoms with Crippen molar-refractivity contribution in [2.45, 2.75) is 45.2 Å². The summed E-state index contributed by atoms with van der Waals surface area (Å²) in [7, 11) is 4.05. The first kappa shape index (κ1) is 13.6. The number of hydrogen-bond donors (Lipinski definition) is 1. The lowest BCUT2D eigenvalue weighted by molar-refractivity contribution is 0.103. The maximum atomic E-state index is 4.47. The van der Waals surface area contributed by atoms with E-state index in [4.69, 9.17) is 0 Å². The largest absolute Gasteiger partial charge is 0.318 e. The van der Waals surface area contributed by atoms with E-state index in [1.165, 1.54) is 37.1 Å². The number of nitrogens with zero attached hydrogens (tertiary/aromatic N) is 3. The highest BCUT2D eigenvalue weighted by Crippen LogP contribution is 2.29. The molecule has 4 heteroatoms. The first-order chi connectivity index (χ1) is 8.63. The normalized spacial score (nSPS) is 23.2. The van der Waals surface area contributed by atoms with E-state index < -0.39 is 0 Å². The predicted molar refractivity (Wildman–Crippen MR) is 74.6 cm³/mol. The zero-order valence-electron chi connectivity index (χ0n) is 12.1. The van der Waals surface area contributed by atoms with E-state index in [9.17, 15) is 0 Å². The van der Waals surface area contributed by atoms with Gasteiger partial charge in [0.25, 0.3) is 0 Å². The van der Waals surface area contributed by atoms with Crippen molar-refractivity contribution in [1.82, 2.24) is 20.0 Å². The van der Waals surface area contributed by atoms with Crippen LogP contribution in [-0.2, 0) is 7.05 Å². The molecule has 0 spiro atoms. The second kappa shape index (κ2) is 5.85. The van der Waals surface area contributed by atoms with Gasteiger partial charge in [-0.2, -0.15) is 5.10 Å². The van der Waals surface area contributed by atoms with Gasteiger partial charge < -0.3 is 5.32 Å². The van der Waals surface area contributed by atoms with Gasteiger partial charge in [0.15, 0.2) is 0 Å². The number of aryl methyl sites for hydroxylation is 2. The molecule has 1 aromatic rings. The number of rotatable bonds is 4. The topological polar surface area (TPSA) is 33.1 Å². The molecule has 0 aromatic carbocycles. The molecule has 0 amide bonds. The molecule has 2 unspecified atom stereocenters. The summed E-state index contributed by atoms with van der Waals surface area (Å²) in [5, 5.41) is 7.80. The van der Waals surface area contributed by atoms with Gasteiger partial charge in [0.2, 0.25) is 0 Å². The Morgan fingerprint density at radius 3 is 2.89 bits per heavy atom. The van der Waals surface area contributed by atoms with Crippen LogP contribution < -0.4 is 5.32 Å². The average molecular weight is 250 g/mol. The third kappa shape index (κ3) is 2.75. The van der Waals surface area contributed by atoms with Gasteiger partial charge in [-0.25, -0.2) is 0 Å². The Morgan fingerprint density at radius 1 is 1.50 bits per heavy atom. The highest BCUT2D eigenvalue weighted by atomic mass is 15.3. The fourth-order valence-electron chi connectivity index (χ4n) is 3.19. The van der Waals surface area contributed by atoms with Crippen molar-refractivity contribution < 1.29 is 0 Å². The number of likely N-dealkylation sites (N-methyl/N-ethyl adjacent to an activating group) is 1. The Morgan fingerprint density at radius 2 is 2.28 bits per heavy atom. The maximum Gasteiger partial charge on any atom is 0.0641 e. The van der Waals surface area contributed by atoms with Crippen LogP contribution in [0.25, 0.3) is 0 Å². The van der Waals surface area contributed by atoms with Crippen molar-refractivity contribution in [3.8, 4) is 0 Å². The highest BCUT2D eigenvalue weighted by Gasteiger charge is 2.28. The first-order valence-corrected chi connectivity index (χ1v) is 7.04. The van der Waals surface area contributed by atoms with Crippen LogP contribution in [0.15, 0.2) is 6.20 Å². The summed E-state index contributed by atoms with van der Waals surface area (Å²) in [4.78, 5) is 2.64. The minimum absolute atomic E-state index is 0.470. The lowest BCUT2D eigenvalue weighted by Crippen LogP contribution is -2.46. The van der Waals surface area contributed by atoms with Crippen LogP contribution in [0, 0.1) is 6.92 Å². The molecule has 4 nitrogen and oxygen atoms in total. The summed E-state index contributed by atoms with van der Waals surface area (Å²) in [5.74, 6) is 0. The van der Waals surface area contributed by atoms with Crippen LogP contribution in [0.4, 0.5) is 0 Å². The van der Waals surface area contributed by atoms with Crippen LogP contribution >= 0.6 is 0 Å². The monoisotopic (exact) mass is 250 g/mol. The third-order valence-electron chi connectivity index (χ3n) is 4.11. The molecule has 0 bridgehead atoms. The fourth-order valence-corrected chi connectivity index (χ4v) is 3.19. The molecular weight excluding hydrogens is 224 g/mol. The molecule has 1 aliphatic heterocycles. The van der Waals surface area contributed by atoms with Crippen molar-refractivity contribution in [3.05, 3.63) is 17.5 Å². The zero-order valence-corrected chi connectivity index (χ0v) is 12.1. The SMILES string of the molecule is CNCC1CCCCN1C(C)c1cn(C)nc1C. The molecule has 1 aliphatic rings. The van der Waals surface area contributed by atoms with E-state index >= 15 is 0 Å². The van der Waals surface area contributed by atoms with Gasteiger partial charge in [-0.1, -0.05) is 6.42 Å². The second-order valence-corrected chi connectivity index (χ2v) is 5.46. The van der Waals surface area contributed by atoms with Gasteiger partial charge in [-0.05, 0) is 40.3 Å². The van der Waals surface area contributed by atoms with E-state index in [1.54, 1.807) is 0 Å². The minimum Gasteiger partial charge on any atom is -0.318 e. The summed E-state index contributed by atoms with van der Waals surface area (Å²) in [5.41, 5.74) is 2.54. The van der Waals surface area contributed by atoms with Crippen LogP contribution in [0.2, 0.25) is 0 Å². The van der Waals surface area contributed by atoms with E-state index in [-0.39, 0.29) is 0 Å². The van der Waals surface area contributed by atoms with Gasteiger partial charge >= 0.3 is 0 Å². The van der Waals surface area contributed by atoms with E-state index in [0.717, 1.165) is 6.54 Å². The fraction of sp³-hybridized carbons (Fsp3) is 0.786. The first-order valence-electron chi connectivity index (χ1n) is 7.04. The molecule has 0 saturated carbocycles. The quantitative estimate of drug-likeness (QED) is 0.885. The summed E-state index contributed by atoms with van der Waals surface area (Å²) >= 11 is 0.